The fraction of sp³-hybridized carbons (Fsp3) is 0.619. The molecule has 0 bridgehead atoms. The maximum atomic E-state index is 12.4. The summed E-state index contributed by atoms with van der Waals surface area (Å²) in [6.07, 6.45) is 4.78. The van der Waals surface area contributed by atoms with Gasteiger partial charge in [0.2, 0.25) is 5.91 Å². The Labute approximate surface area is 157 Å². The lowest BCUT2D eigenvalue weighted by atomic mass is 9.96. The van der Waals surface area contributed by atoms with Crippen molar-refractivity contribution in [3.63, 3.8) is 0 Å². The topological polar surface area (TPSA) is 61.4 Å². The minimum absolute atomic E-state index is 0.00367. The van der Waals surface area contributed by atoms with E-state index in [2.05, 4.69) is 31.4 Å². The Morgan fingerprint density at radius 1 is 1.08 bits per heavy atom. The summed E-state index contributed by atoms with van der Waals surface area (Å²) in [5, 5.41) is 6.06. The van der Waals surface area contributed by atoms with Crippen LogP contribution in [0.15, 0.2) is 30.3 Å². The van der Waals surface area contributed by atoms with Gasteiger partial charge in [-0.2, -0.15) is 0 Å². The molecule has 0 spiro atoms. The lowest BCUT2D eigenvalue weighted by Gasteiger charge is -2.32. The second kappa shape index (κ2) is 10.2. The number of nitrogens with zero attached hydrogens (tertiary/aromatic N) is 1. The van der Waals surface area contributed by atoms with Crippen LogP contribution < -0.4 is 10.6 Å². The predicted molar refractivity (Wildman–Crippen MR) is 106 cm³/mol. The first-order valence-electron chi connectivity index (χ1n) is 9.87. The molecule has 1 saturated heterocycles. The summed E-state index contributed by atoms with van der Waals surface area (Å²) in [7, 11) is 0. The number of rotatable bonds is 7. The minimum Gasteiger partial charge on any atom is -0.336 e. The monoisotopic (exact) mass is 359 g/mol. The Kier molecular flexibility index (Phi) is 7.95. The van der Waals surface area contributed by atoms with E-state index >= 15 is 0 Å². The third-order valence-corrected chi connectivity index (χ3v) is 4.98. The average molecular weight is 360 g/mol. The molecule has 2 rings (SSSR count). The SMILES string of the molecule is CC(C)CCCC(C)NC(=O)N1CCC(C(=O)Nc2ccccc2)CC1. The first kappa shape index (κ1) is 20.3. The van der Waals surface area contributed by atoms with Crippen molar-refractivity contribution in [2.24, 2.45) is 11.8 Å². The number of hydrogen-bond donors (Lipinski definition) is 2. The average Bonchev–Trinajstić information content (AvgIpc) is 2.62. The first-order valence-corrected chi connectivity index (χ1v) is 9.87. The molecule has 2 N–H and O–H groups in total. The molecule has 5 heteroatoms. The molecule has 1 heterocycles. The summed E-state index contributed by atoms with van der Waals surface area (Å²) in [5.41, 5.74) is 0.827. The van der Waals surface area contributed by atoms with Crippen LogP contribution in [-0.2, 0) is 4.79 Å². The molecule has 1 aliphatic heterocycles. The van der Waals surface area contributed by atoms with Gasteiger partial charge in [0.05, 0.1) is 0 Å². The number of amides is 3. The molecule has 1 aromatic carbocycles. The third kappa shape index (κ3) is 6.70. The quantitative estimate of drug-likeness (QED) is 0.764. The lowest BCUT2D eigenvalue weighted by Crippen LogP contribution is -2.48. The summed E-state index contributed by atoms with van der Waals surface area (Å²) in [4.78, 5) is 26.6. The molecule has 1 fully saturated rings. The Bertz CT molecular complexity index is 566. The highest BCUT2D eigenvalue weighted by molar-refractivity contribution is 5.92. The number of piperidine rings is 1. The van der Waals surface area contributed by atoms with Crippen molar-refractivity contribution in [3.05, 3.63) is 30.3 Å². The lowest BCUT2D eigenvalue weighted by molar-refractivity contribution is -0.121. The van der Waals surface area contributed by atoms with E-state index in [0.29, 0.717) is 31.8 Å². The normalized spacial score (nSPS) is 16.4. The molecule has 144 valence electrons. The molecule has 1 aliphatic rings. The number of anilines is 1. The third-order valence-electron chi connectivity index (χ3n) is 4.98. The second-order valence-corrected chi connectivity index (χ2v) is 7.79. The van der Waals surface area contributed by atoms with Crippen LogP contribution in [0.3, 0.4) is 0 Å². The Morgan fingerprint density at radius 2 is 1.73 bits per heavy atom. The van der Waals surface area contributed by atoms with Crippen LogP contribution in [0.2, 0.25) is 0 Å². The molecule has 5 nitrogen and oxygen atoms in total. The summed E-state index contributed by atoms with van der Waals surface area (Å²) in [5.74, 6) is 0.736. The van der Waals surface area contributed by atoms with Crippen molar-refractivity contribution in [3.8, 4) is 0 Å². The van der Waals surface area contributed by atoms with Gasteiger partial charge in [0.15, 0.2) is 0 Å². The fourth-order valence-electron chi connectivity index (χ4n) is 3.32. The van der Waals surface area contributed by atoms with Gasteiger partial charge >= 0.3 is 6.03 Å². The molecule has 0 saturated carbocycles. The molecule has 3 amide bonds. The Hall–Kier alpha value is -2.04. The van der Waals surface area contributed by atoms with Crippen LogP contribution in [0.4, 0.5) is 10.5 Å². The van der Waals surface area contributed by atoms with Crippen molar-refractivity contribution < 1.29 is 9.59 Å². The largest absolute Gasteiger partial charge is 0.336 e. The van der Waals surface area contributed by atoms with Crippen molar-refractivity contribution in [2.75, 3.05) is 18.4 Å². The zero-order valence-corrected chi connectivity index (χ0v) is 16.3. The van der Waals surface area contributed by atoms with Gasteiger partial charge in [-0.25, -0.2) is 4.79 Å². The molecule has 0 aromatic heterocycles. The van der Waals surface area contributed by atoms with Crippen molar-refractivity contribution >= 4 is 17.6 Å². The molecular formula is C21H33N3O2. The molecule has 26 heavy (non-hydrogen) atoms. The fourth-order valence-corrected chi connectivity index (χ4v) is 3.32. The van der Waals surface area contributed by atoms with Crippen molar-refractivity contribution in [2.45, 2.75) is 58.9 Å². The maximum absolute atomic E-state index is 12.4. The van der Waals surface area contributed by atoms with Crippen LogP contribution in [-0.4, -0.2) is 36.0 Å². The van der Waals surface area contributed by atoms with Gasteiger partial charge in [-0.15, -0.1) is 0 Å². The highest BCUT2D eigenvalue weighted by Crippen LogP contribution is 2.20. The highest BCUT2D eigenvalue weighted by Gasteiger charge is 2.27. The van der Waals surface area contributed by atoms with Crippen LogP contribution in [0.25, 0.3) is 0 Å². The molecular weight excluding hydrogens is 326 g/mol. The number of likely N-dealkylation sites (tertiary alicyclic amines) is 1. The van der Waals surface area contributed by atoms with Crippen LogP contribution in [0.1, 0.15) is 52.9 Å². The smallest absolute Gasteiger partial charge is 0.317 e. The number of urea groups is 1. The molecule has 0 aliphatic carbocycles. The van der Waals surface area contributed by atoms with Crippen LogP contribution >= 0.6 is 0 Å². The second-order valence-electron chi connectivity index (χ2n) is 7.79. The van der Waals surface area contributed by atoms with Gasteiger partial charge in [-0.3, -0.25) is 4.79 Å². The number of carbonyl (C=O) groups is 2. The number of carbonyl (C=O) groups excluding carboxylic acids is 2. The summed E-state index contributed by atoms with van der Waals surface area (Å²) >= 11 is 0. The van der Waals surface area contributed by atoms with Gasteiger partial charge in [-0.1, -0.05) is 44.9 Å². The van der Waals surface area contributed by atoms with Crippen LogP contribution in [0, 0.1) is 11.8 Å². The first-order chi connectivity index (χ1) is 12.5. The standard InChI is InChI=1S/C21H33N3O2/c1-16(2)8-7-9-17(3)22-21(26)24-14-12-18(13-15-24)20(25)23-19-10-5-4-6-11-19/h4-6,10-11,16-18H,7-9,12-15H2,1-3H3,(H,22,26)(H,23,25). The van der Waals surface area contributed by atoms with Gasteiger partial charge in [0.25, 0.3) is 0 Å². The van der Waals surface area contributed by atoms with E-state index in [4.69, 9.17) is 0 Å². The van der Waals surface area contributed by atoms with Crippen molar-refractivity contribution in [1.82, 2.24) is 10.2 Å². The number of benzene rings is 1. The summed E-state index contributed by atoms with van der Waals surface area (Å²) in [6.45, 7) is 7.79. The molecule has 1 aromatic rings. The van der Waals surface area contributed by atoms with Gasteiger partial charge in [0, 0.05) is 30.7 Å². The van der Waals surface area contributed by atoms with E-state index in [9.17, 15) is 9.59 Å². The van der Waals surface area contributed by atoms with Crippen LogP contribution in [0.5, 0.6) is 0 Å². The van der Waals surface area contributed by atoms with E-state index in [1.54, 1.807) is 0 Å². The van der Waals surface area contributed by atoms with E-state index < -0.39 is 0 Å². The van der Waals surface area contributed by atoms with Gasteiger partial charge < -0.3 is 15.5 Å². The van der Waals surface area contributed by atoms with E-state index in [-0.39, 0.29) is 23.9 Å². The zero-order valence-electron chi connectivity index (χ0n) is 16.3. The van der Waals surface area contributed by atoms with E-state index in [1.807, 2.05) is 35.2 Å². The number of hydrogen-bond acceptors (Lipinski definition) is 2. The van der Waals surface area contributed by atoms with Crippen molar-refractivity contribution in [1.29, 1.82) is 0 Å². The Morgan fingerprint density at radius 3 is 2.35 bits per heavy atom. The van der Waals surface area contributed by atoms with E-state index in [1.165, 1.54) is 6.42 Å². The summed E-state index contributed by atoms with van der Waals surface area (Å²) in [6, 6.07) is 9.72. The minimum atomic E-state index is -0.0253. The molecule has 0 radical (unpaired) electrons. The summed E-state index contributed by atoms with van der Waals surface area (Å²) < 4.78 is 0. The van der Waals surface area contributed by atoms with Gasteiger partial charge in [0.1, 0.15) is 0 Å². The zero-order chi connectivity index (χ0) is 18.9. The van der Waals surface area contributed by atoms with Gasteiger partial charge in [-0.05, 0) is 44.2 Å². The molecule has 1 atom stereocenters. The Balaban J connectivity index is 1.70. The predicted octanol–water partition coefficient (Wildman–Crippen LogP) is 4.26. The maximum Gasteiger partial charge on any atom is 0.317 e. The van der Waals surface area contributed by atoms with E-state index in [0.717, 1.165) is 18.5 Å². The highest BCUT2D eigenvalue weighted by atomic mass is 16.2. The number of para-hydroxylation sites is 1. The molecule has 1 unspecified atom stereocenters. The number of nitrogens with one attached hydrogen (secondary N) is 2.